The zero-order chi connectivity index (χ0) is 26.7. The molecule has 2 aromatic heterocycles. The van der Waals surface area contributed by atoms with Crippen LogP contribution >= 0.6 is 0 Å². The third-order valence-corrected chi connectivity index (χ3v) is 6.24. The number of phenols is 1. The van der Waals surface area contributed by atoms with Crippen LogP contribution in [0.2, 0.25) is 0 Å². The molecule has 0 spiro atoms. The molecule has 2 heterocycles. The summed E-state index contributed by atoms with van der Waals surface area (Å²) in [6, 6.07) is 15.1. The molecule has 9 heteroatoms. The van der Waals surface area contributed by atoms with Crippen LogP contribution in [0.5, 0.6) is 23.1 Å². The lowest BCUT2D eigenvalue weighted by Crippen LogP contribution is -2.25. The summed E-state index contributed by atoms with van der Waals surface area (Å²) in [5.74, 6) is -0.0112. The number of ketones is 1. The molecule has 2 aromatic carbocycles. The Morgan fingerprint density at radius 1 is 1.00 bits per heavy atom. The molecule has 4 rings (SSSR count). The predicted molar refractivity (Wildman–Crippen MR) is 137 cm³/mol. The number of hydrogen-bond donors (Lipinski definition) is 2. The molecule has 0 aliphatic heterocycles. The smallest absolute Gasteiger partial charge is 0.344 e. The number of rotatable bonds is 10. The van der Waals surface area contributed by atoms with Gasteiger partial charge in [0.1, 0.15) is 22.9 Å². The number of carbonyl (C=O) groups is 2. The van der Waals surface area contributed by atoms with E-state index in [2.05, 4.69) is 4.98 Å². The number of carboxylic acids is 1. The summed E-state index contributed by atoms with van der Waals surface area (Å²) in [5.41, 5.74) is 2.76. The van der Waals surface area contributed by atoms with Gasteiger partial charge in [-0.3, -0.25) is 4.79 Å². The van der Waals surface area contributed by atoms with Gasteiger partial charge in [0.05, 0.1) is 26.3 Å². The lowest BCUT2D eigenvalue weighted by molar-refractivity contribution is -0.145. The van der Waals surface area contributed by atoms with E-state index in [4.69, 9.17) is 14.2 Å². The number of ether oxygens (including phenoxy) is 3. The van der Waals surface area contributed by atoms with Crippen LogP contribution in [0.1, 0.15) is 40.5 Å². The van der Waals surface area contributed by atoms with E-state index in [0.29, 0.717) is 45.0 Å². The lowest BCUT2D eigenvalue weighted by Gasteiger charge is -2.15. The molecule has 0 bridgehead atoms. The number of aliphatic carboxylic acids is 1. The summed E-state index contributed by atoms with van der Waals surface area (Å²) in [4.78, 5) is 29.5. The highest BCUT2D eigenvalue weighted by Crippen LogP contribution is 2.32. The van der Waals surface area contributed by atoms with Gasteiger partial charge in [-0.25, -0.2) is 4.79 Å². The normalized spacial score (nSPS) is 11.8. The summed E-state index contributed by atoms with van der Waals surface area (Å²) in [6.07, 6.45) is -0.727. The molecule has 0 saturated carbocycles. The first kappa shape index (κ1) is 25.6. The van der Waals surface area contributed by atoms with E-state index in [9.17, 15) is 19.8 Å². The minimum absolute atomic E-state index is 0.0649. The van der Waals surface area contributed by atoms with E-state index in [-0.39, 0.29) is 30.2 Å². The third-order valence-electron chi connectivity index (χ3n) is 6.24. The fourth-order valence-corrected chi connectivity index (χ4v) is 4.19. The van der Waals surface area contributed by atoms with Gasteiger partial charge in [0.15, 0.2) is 11.9 Å². The van der Waals surface area contributed by atoms with E-state index >= 15 is 0 Å². The fourth-order valence-electron chi connectivity index (χ4n) is 4.19. The monoisotopic (exact) mass is 504 g/mol. The Hall–Kier alpha value is -4.53. The van der Waals surface area contributed by atoms with E-state index in [1.54, 1.807) is 62.6 Å². The maximum Gasteiger partial charge on any atom is 0.344 e. The second kappa shape index (κ2) is 10.6. The maximum absolute atomic E-state index is 13.6. The summed E-state index contributed by atoms with van der Waals surface area (Å²) in [7, 11) is 3.08. The molecule has 4 aromatic rings. The predicted octanol–water partition coefficient (Wildman–Crippen LogP) is 4.59. The molecule has 0 radical (unpaired) electrons. The topological polar surface area (TPSA) is 120 Å². The summed E-state index contributed by atoms with van der Waals surface area (Å²) in [6.45, 7) is 3.75. The van der Waals surface area contributed by atoms with Crippen LogP contribution in [0.25, 0.3) is 11.0 Å². The van der Waals surface area contributed by atoms with Crippen molar-refractivity contribution in [1.82, 2.24) is 9.55 Å². The number of carbonyl (C=O) groups excluding carboxylic acids is 1. The molecule has 1 atom stereocenters. The Morgan fingerprint density at radius 3 is 2.30 bits per heavy atom. The van der Waals surface area contributed by atoms with Crippen molar-refractivity contribution in [2.45, 2.75) is 32.9 Å². The van der Waals surface area contributed by atoms with Crippen LogP contribution in [0.3, 0.4) is 0 Å². The summed E-state index contributed by atoms with van der Waals surface area (Å²) in [5, 5.41) is 20.6. The first-order valence-electron chi connectivity index (χ1n) is 11.7. The second-order valence-electron chi connectivity index (χ2n) is 8.47. The largest absolute Gasteiger partial charge is 0.507 e. The number of carboxylic acid groups (broad SMARTS) is 1. The van der Waals surface area contributed by atoms with E-state index in [1.165, 1.54) is 13.2 Å². The number of fused-ring (bicyclic) bond motifs is 1. The molecule has 0 aliphatic carbocycles. The van der Waals surface area contributed by atoms with Gasteiger partial charge in [-0.1, -0.05) is 6.92 Å². The number of methoxy groups -OCH3 is 2. The highest BCUT2D eigenvalue weighted by molar-refractivity contribution is 6.17. The second-order valence-corrected chi connectivity index (χ2v) is 8.47. The zero-order valence-electron chi connectivity index (χ0n) is 21.0. The Balaban J connectivity index is 1.75. The van der Waals surface area contributed by atoms with Crippen molar-refractivity contribution in [2.75, 3.05) is 14.2 Å². The number of aromatic nitrogens is 2. The van der Waals surface area contributed by atoms with Gasteiger partial charge in [-0.05, 0) is 55.8 Å². The van der Waals surface area contributed by atoms with Crippen LogP contribution in [0, 0.1) is 6.92 Å². The molecule has 9 nitrogen and oxygen atoms in total. The standard InChI is InChI=1S/C28H28N2O7/c1-5-23(28(33)34)37-20-11-8-18(22(31)14-20)15-30-16(2)25(21-12-13-24(36-4)29-27(21)30)26(32)17-6-9-19(35-3)10-7-17/h6-14,23,31H,5,15H2,1-4H3,(H,33,34)/t23-/m0/s1. The van der Waals surface area contributed by atoms with Gasteiger partial charge in [-0.2, -0.15) is 4.98 Å². The number of aromatic hydroxyl groups is 1. The molecule has 2 N–H and O–H groups in total. The van der Waals surface area contributed by atoms with Gasteiger partial charge in [0, 0.05) is 34.3 Å². The SMILES string of the molecule is CC[C@H](Oc1ccc(Cn2c(C)c(C(=O)c3ccc(OC)cc3)c3ccc(OC)nc32)c(O)c1)C(=O)O. The van der Waals surface area contributed by atoms with Crippen molar-refractivity contribution in [3.05, 3.63) is 77.0 Å². The van der Waals surface area contributed by atoms with Gasteiger partial charge in [0.2, 0.25) is 5.88 Å². The molecular weight excluding hydrogens is 476 g/mol. The van der Waals surface area contributed by atoms with Crippen molar-refractivity contribution >= 4 is 22.8 Å². The van der Waals surface area contributed by atoms with Crippen molar-refractivity contribution in [3.63, 3.8) is 0 Å². The minimum Gasteiger partial charge on any atom is -0.507 e. The van der Waals surface area contributed by atoms with Gasteiger partial charge >= 0.3 is 5.97 Å². The molecule has 0 aliphatic rings. The molecule has 0 saturated heterocycles. The Kier molecular flexibility index (Phi) is 7.33. The maximum atomic E-state index is 13.6. The number of nitrogens with zero attached hydrogens (tertiary/aromatic N) is 2. The van der Waals surface area contributed by atoms with Gasteiger partial charge in [0.25, 0.3) is 0 Å². The molecule has 37 heavy (non-hydrogen) atoms. The van der Waals surface area contributed by atoms with Crippen LogP contribution in [-0.2, 0) is 11.3 Å². The van der Waals surface area contributed by atoms with Crippen LogP contribution < -0.4 is 14.2 Å². The molecule has 192 valence electrons. The summed E-state index contributed by atoms with van der Waals surface area (Å²) < 4.78 is 17.8. The molecule has 0 amide bonds. The number of hydrogen-bond acceptors (Lipinski definition) is 7. The van der Waals surface area contributed by atoms with E-state index in [1.807, 2.05) is 11.5 Å². The third kappa shape index (κ3) is 5.06. The van der Waals surface area contributed by atoms with E-state index in [0.717, 1.165) is 0 Å². The van der Waals surface area contributed by atoms with Gasteiger partial charge in [-0.15, -0.1) is 0 Å². The van der Waals surface area contributed by atoms with E-state index < -0.39 is 12.1 Å². The Bertz CT molecular complexity index is 1460. The zero-order valence-corrected chi connectivity index (χ0v) is 21.0. The fraction of sp³-hybridized carbons (Fsp3) is 0.250. The van der Waals surface area contributed by atoms with Gasteiger partial charge < -0.3 is 29.0 Å². The Morgan fingerprint density at radius 2 is 1.70 bits per heavy atom. The van der Waals surface area contributed by atoms with Crippen LogP contribution in [0.4, 0.5) is 0 Å². The minimum atomic E-state index is -1.07. The summed E-state index contributed by atoms with van der Waals surface area (Å²) >= 11 is 0. The Labute approximate surface area is 213 Å². The number of pyridine rings is 1. The number of benzene rings is 2. The highest BCUT2D eigenvalue weighted by atomic mass is 16.5. The van der Waals surface area contributed by atoms with Crippen molar-refractivity contribution < 1.29 is 34.0 Å². The van der Waals surface area contributed by atoms with Crippen molar-refractivity contribution in [3.8, 4) is 23.1 Å². The first-order valence-corrected chi connectivity index (χ1v) is 11.7. The first-order chi connectivity index (χ1) is 17.8. The van der Waals surface area contributed by atoms with Crippen molar-refractivity contribution in [1.29, 1.82) is 0 Å². The average molecular weight is 505 g/mol. The molecule has 0 fully saturated rings. The average Bonchev–Trinajstić information content (AvgIpc) is 3.18. The highest BCUT2D eigenvalue weighted by Gasteiger charge is 2.24. The van der Waals surface area contributed by atoms with Crippen LogP contribution in [-0.4, -0.2) is 51.8 Å². The molecule has 0 unspecified atom stereocenters. The van der Waals surface area contributed by atoms with Crippen molar-refractivity contribution in [2.24, 2.45) is 0 Å². The molecular formula is C28H28N2O7. The number of phenolic OH excluding ortho intramolecular Hbond substituents is 1. The van der Waals surface area contributed by atoms with Crippen LogP contribution in [0.15, 0.2) is 54.6 Å². The quantitative estimate of drug-likeness (QED) is 0.301. The lowest BCUT2D eigenvalue weighted by atomic mass is 10.0.